The van der Waals surface area contributed by atoms with Crippen molar-refractivity contribution in [1.29, 1.82) is 0 Å². The first-order chi connectivity index (χ1) is 20.2. The average Bonchev–Trinajstić information content (AvgIpc) is 2.98. The second-order valence-electron chi connectivity index (χ2n) is 10.7. The fourth-order valence-corrected chi connectivity index (χ4v) is 4.75. The van der Waals surface area contributed by atoms with Gasteiger partial charge in [0, 0.05) is 67.2 Å². The fourth-order valence-electron chi connectivity index (χ4n) is 4.75. The lowest BCUT2D eigenvalue weighted by Crippen LogP contribution is -2.32. The molecule has 42 heavy (non-hydrogen) atoms. The van der Waals surface area contributed by atoms with Crippen molar-refractivity contribution in [1.82, 2.24) is 20.6 Å². The number of aliphatic imine (C=N–C) groups is 1. The first-order valence-electron chi connectivity index (χ1n) is 14.5. The Balaban J connectivity index is 1.58. The lowest BCUT2D eigenvalue weighted by atomic mass is 9.99. The van der Waals surface area contributed by atoms with Crippen LogP contribution in [0.25, 0.3) is 5.57 Å². The Morgan fingerprint density at radius 2 is 2.02 bits per heavy atom. The van der Waals surface area contributed by atoms with E-state index < -0.39 is 0 Å². The number of nitrogens with two attached hydrogens (primary N) is 1. The van der Waals surface area contributed by atoms with Crippen LogP contribution in [-0.2, 0) is 13.0 Å². The highest BCUT2D eigenvalue weighted by molar-refractivity contribution is 6.11. The van der Waals surface area contributed by atoms with Gasteiger partial charge in [0.2, 0.25) is 5.95 Å². The summed E-state index contributed by atoms with van der Waals surface area (Å²) in [7, 11) is 3.32. The molecule has 3 aromatic rings. The number of hydrogen-bond donors (Lipinski definition) is 4. The number of anilines is 3. The molecule has 0 spiro atoms. The molecule has 1 aromatic heterocycles. The number of benzene rings is 2. The third-order valence-electron chi connectivity index (χ3n) is 6.94. The van der Waals surface area contributed by atoms with E-state index in [1.54, 1.807) is 38.6 Å². The Morgan fingerprint density at radius 3 is 2.74 bits per heavy atom. The number of methoxy groups -OCH3 is 1. The molecule has 2 aromatic carbocycles. The van der Waals surface area contributed by atoms with Gasteiger partial charge in [-0.1, -0.05) is 33.4 Å². The van der Waals surface area contributed by atoms with Gasteiger partial charge in [-0.3, -0.25) is 9.79 Å². The van der Waals surface area contributed by atoms with E-state index in [-0.39, 0.29) is 11.9 Å². The maximum atomic E-state index is 12.8. The molecule has 5 N–H and O–H groups in total. The molecule has 0 saturated carbocycles. The second kappa shape index (κ2) is 16.3. The van der Waals surface area contributed by atoms with Gasteiger partial charge in [0.25, 0.3) is 5.91 Å². The number of amides is 1. The van der Waals surface area contributed by atoms with Crippen LogP contribution in [0.2, 0.25) is 0 Å². The number of allylic oxidation sites excluding steroid dienone is 1. The number of aryl methyl sites for hydroxylation is 1. The molecule has 0 saturated heterocycles. The summed E-state index contributed by atoms with van der Waals surface area (Å²) < 4.78 is 5.32. The minimum absolute atomic E-state index is 0.129. The molecule has 0 aliphatic rings. The van der Waals surface area contributed by atoms with Crippen molar-refractivity contribution in [3.63, 3.8) is 0 Å². The van der Waals surface area contributed by atoms with Gasteiger partial charge in [-0.15, -0.1) is 0 Å². The molecule has 0 unspecified atom stereocenters. The average molecular weight is 572 g/mol. The quantitative estimate of drug-likeness (QED) is 0.0972. The molecule has 0 fully saturated rings. The minimum Gasteiger partial charge on any atom is -0.497 e. The van der Waals surface area contributed by atoms with Crippen LogP contribution in [0.5, 0.6) is 5.75 Å². The van der Waals surface area contributed by atoms with E-state index in [1.165, 1.54) is 0 Å². The molecule has 1 amide bonds. The van der Waals surface area contributed by atoms with E-state index >= 15 is 0 Å². The lowest BCUT2D eigenvalue weighted by Gasteiger charge is -2.21. The summed E-state index contributed by atoms with van der Waals surface area (Å²) in [5.74, 6) is 1.73. The largest absolute Gasteiger partial charge is 0.497 e. The molecule has 0 aliphatic heterocycles. The van der Waals surface area contributed by atoms with E-state index in [0.717, 1.165) is 48.4 Å². The van der Waals surface area contributed by atoms with Crippen molar-refractivity contribution in [2.24, 2.45) is 10.9 Å². The van der Waals surface area contributed by atoms with Crippen LogP contribution in [0.15, 0.2) is 60.2 Å². The smallest absolute Gasteiger partial charge is 0.251 e. The Kier molecular flexibility index (Phi) is 12.5. The number of carbonyl (C=O) groups is 1. The zero-order valence-electron chi connectivity index (χ0n) is 25.5. The molecule has 9 heteroatoms. The van der Waals surface area contributed by atoms with Crippen molar-refractivity contribution >= 4 is 35.0 Å². The molecule has 0 radical (unpaired) electrons. The standard InChI is InChI=1S/C33H45N7O2/c1-7-24-20-38-33(39-27-10-8-12-28(18-27)42-6)40-31(24)21-37-26(16-22(2)3)11-9-15-36-32(41)25-13-14-30(34)29(17-25)23(4)19-35-5/h8,10,12-14,17-20,22,26,37H,4,7,9,11,15-16,21,34H2,1-3,5-6H3,(H,36,41)(H,38,39,40)/t26-/m1/s1. The molecular formula is C33H45N7O2. The summed E-state index contributed by atoms with van der Waals surface area (Å²) in [6.45, 7) is 11.8. The fraction of sp³-hybridized carbons (Fsp3) is 0.394. The molecule has 9 nitrogen and oxygen atoms in total. The van der Waals surface area contributed by atoms with Crippen molar-refractivity contribution in [3.05, 3.63) is 77.6 Å². The highest BCUT2D eigenvalue weighted by atomic mass is 16.5. The van der Waals surface area contributed by atoms with E-state index in [2.05, 4.69) is 53.3 Å². The summed E-state index contributed by atoms with van der Waals surface area (Å²) in [6.07, 6.45) is 7.18. The van der Waals surface area contributed by atoms with Gasteiger partial charge in [-0.25, -0.2) is 9.97 Å². The Morgan fingerprint density at radius 1 is 1.21 bits per heavy atom. The van der Waals surface area contributed by atoms with Gasteiger partial charge in [-0.05, 0) is 73.1 Å². The maximum absolute atomic E-state index is 12.8. The number of nitrogens with zero attached hydrogens (tertiary/aromatic N) is 3. The van der Waals surface area contributed by atoms with E-state index in [9.17, 15) is 4.79 Å². The number of aromatic nitrogens is 2. The van der Waals surface area contributed by atoms with Gasteiger partial charge in [-0.2, -0.15) is 0 Å². The second-order valence-corrected chi connectivity index (χ2v) is 10.7. The monoisotopic (exact) mass is 571 g/mol. The highest BCUT2D eigenvalue weighted by Gasteiger charge is 2.15. The lowest BCUT2D eigenvalue weighted by molar-refractivity contribution is 0.0952. The Labute approximate surface area is 250 Å². The van der Waals surface area contributed by atoms with Crippen LogP contribution in [-0.4, -0.2) is 48.8 Å². The van der Waals surface area contributed by atoms with E-state index in [4.69, 9.17) is 15.5 Å². The predicted octanol–water partition coefficient (Wildman–Crippen LogP) is 5.80. The maximum Gasteiger partial charge on any atom is 0.251 e. The molecule has 3 rings (SSSR count). The number of ether oxygens (including phenoxy) is 1. The van der Waals surface area contributed by atoms with Crippen LogP contribution in [0.1, 0.15) is 67.2 Å². The van der Waals surface area contributed by atoms with Gasteiger partial charge in [0.15, 0.2) is 0 Å². The van der Waals surface area contributed by atoms with Crippen LogP contribution in [0, 0.1) is 5.92 Å². The first-order valence-corrected chi connectivity index (χ1v) is 14.5. The van der Waals surface area contributed by atoms with Crippen molar-refractivity contribution in [2.45, 2.75) is 59.0 Å². The minimum atomic E-state index is -0.129. The van der Waals surface area contributed by atoms with Crippen LogP contribution in [0.4, 0.5) is 17.3 Å². The van der Waals surface area contributed by atoms with Gasteiger partial charge < -0.3 is 26.4 Å². The Hall–Kier alpha value is -4.24. The highest BCUT2D eigenvalue weighted by Crippen LogP contribution is 2.22. The molecule has 0 bridgehead atoms. The molecule has 1 heterocycles. The van der Waals surface area contributed by atoms with Crippen LogP contribution in [0.3, 0.4) is 0 Å². The predicted molar refractivity (Wildman–Crippen MR) is 174 cm³/mol. The summed E-state index contributed by atoms with van der Waals surface area (Å²) in [5, 5.41) is 10.1. The summed E-state index contributed by atoms with van der Waals surface area (Å²) in [4.78, 5) is 26.2. The zero-order chi connectivity index (χ0) is 30.5. The van der Waals surface area contributed by atoms with E-state index in [1.807, 2.05) is 30.5 Å². The van der Waals surface area contributed by atoms with Gasteiger partial charge in [0.05, 0.1) is 12.8 Å². The third kappa shape index (κ3) is 9.69. The van der Waals surface area contributed by atoms with Crippen LogP contribution >= 0.6 is 0 Å². The SMILES string of the molecule is C=C(C=NC)c1cc(C(=O)NCCC[C@H](CC(C)C)NCc2nc(Nc3cccc(OC)c3)ncc2CC)ccc1N. The van der Waals surface area contributed by atoms with E-state index in [0.29, 0.717) is 47.3 Å². The normalized spacial score (nSPS) is 12.0. The molecular weight excluding hydrogens is 526 g/mol. The van der Waals surface area contributed by atoms with Crippen molar-refractivity contribution in [2.75, 3.05) is 31.8 Å². The summed E-state index contributed by atoms with van der Waals surface area (Å²) in [5.41, 5.74) is 11.5. The van der Waals surface area contributed by atoms with Crippen molar-refractivity contribution in [3.8, 4) is 5.75 Å². The number of nitrogens with one attached hydrogen (secondary N) is 3. The first kappa shape index (κ1) is 32.3. The molecule has 1 atom stereocenters. The number of nitrogen functional groups attached to an aromatic ring is 1. The van der Waals surface area contributed by atoms with Gasteiger partial charge >= 0.3 is 0 Å². The summed E-state index contributed by atoms with van der Waals surface area (Å²) >= 11 is 0. The summed E-state index contributed by atoms with van der Waals surface area (Å²) in [6, 6.07) is 13.2. The topological polar surface area (TPSA) is 127 Å². The number of carbonyl (C=O) groups excluding carboxylic acids is 1. The zero-order valence-corrected chi connectivity index (χ0v) is 25.5. The third-order valence-corrected chi connectivity index (χ3v) is 6.94. The number of hydrogen-bond acceptors (Lipinski definition) is 8. The number of rotatable bonds is 16. The van der Waals surface area contributed by atoms with Crippen LogP contribution < -0.4 is 26.4 Å². The van der Waals surface area contributed by atoms with Crippen molar-refractivity contribution < 1.29 is 9.53 Å². The molecule has 0 aliphatic carbocycles. The molecule has 224 valence electrons. The Bertz CT molecular complexity index is 1370. The van der Waals surface area contributed by atoms with Gasteiger partial charge in [0.1, 0.15) is 5.75 Å².